The normalized spacial score (nSPS) is 11.3. The Kier molecular flexibility index (Phi) is 7.31. The fraction of sp³-hybridized carbons (Fsp3) is 0.455. The van der Waals surface area contributed by atoms with Gasteiger partial charge in [0.2, 0.25) is 0 Å². The summed E-state index contributed by atoms with van der Waals surface area (Å²) in [5.74, 6) is 0.737. The van der Waals surface area contributed by atoms with E-state index in [4.69, 9.17) is 4.98 Å². The summed E-state index contributed by atoms with van der Waals surface area (Å²) in [4.78, 5) is 21.9. The number of amides is 1. The molecule has 2 aromatic heterocycles. The van der Waals surface area contributed by atoms with Gasteiger partial charge in [0.1, 0.15) is 5.82 Å². The van der Waals surface area contributed by atoms with Crippen LogP contribution in [-0.4, -0.2) is 44.0 Å². The van der Waals surface area contributed by atoms with Crippen molar-refractivity contribution in [2.24, 2.45) is 0 Å². The lowest BCUT2D eigenvalue weighted by atomic mass is 10.1. The van der Waals surface area contributed by atoms with Crippen molar-refractivity contribution in [2.45, 2.75) is 58.0 Å². The minimum Gasteiger partial charge on any atom is -0.369 e. The van der Waals surface area contributed by atoms with Gasteiger partial charge in [0, 0.05) is 23.9 Å². The standard InChI is InChI=1S/C22H30N6OS/c1-6-9-23-19-18-13-25-28(20(18)27-22(26-19)30-14(2)3)11-10-24-21(29)17-8-7-15(4)16(5)12-17/h7-8,12-14H,6,9-11H2,1-5H3,(H,24,29)(H,23,26,27). The van der Waals surface area contributed by atoms with Gasteiger partial charge in [0.05, 0.1) is 18.1 Å². The van der Waals surface area contributed by atoms with Gasteiger partial charge in [-0.1, -0.05) is 38.6 Å². The molecule has 2 heterocycles. The summed E-state index contributed by atoms with van der Waals surface area (Å²) >= 11 is 1.63. The molecule has 8 heteroatoms. The van der Waals surface area contributed by atoms with Crippen molar-refractivity contribution in [1.29, 1.82) is 0 Å². The average Bonchev–Trinajstić information content (AvgIpc) is 3.10. The number of hydrogen-bond acceptors (Lipinski definition) is 6. The fourth-order valence-electron chi connectivity index (χ4n) is 3.00. The number of aryl methyl sites for hydroxylation is 2. The summed E-state index contributed by atoms with van der Waals surface area (Å²) < 4.78 is 1.83. The molecule has 3 rings (SSSR count). The highest BCUT2D eigenvalue weighted by Crippen LogP contribution is 2.26. The molecule has 0 aliphatic rings. The molecule has 0 atom stereocenters. The highest BCUT2D eigenvalue weighted by atomic mass is 32.2. The van der Waals surface area contributed by atoms with Crippen molar-refractivity contribution in [3.63, 3.8) is 0 Å². The number of carbonyl (C=O) groups is 1. The molecule has 0 spiro atoms. The van der Waals surface area contributed by atoms with Crippen LogP contribution in [0.1, 0.15) is 48.7 Å². The maximum Gasteiger partial charge on any atom is 0.251 e. The summed E-state index contributed by atoms with van der Waals surface area (Å²) in [5.41, 5.74) is 3.75. The number of carbonyl (C=O) groups excluding carboxylic acids is 1. The van der Waals surface area contributed by atoms with E-state index >= 15 is 0 Å². The van der Waals surface area contributed by atoms with Crippen molar-refractivity contribution < 1.29 is 4.79 Å². The predicted molar refractivity (Wildman–Crippen MR) is 123 cm³/mol. The maximum absolute atomic E-state index is 12.5. The molecule has 7 nitrogen and oxygen atoms in total. The number of rotatable bonds is 9. The average molecular weight is 427 g/mol. The minimum atomic E-state index is -0.0782. The number of hydrogen-bond donors (Lipinski definition) is 2. The van der Waals surface area contributed by atoms with Gasteiger partial charge in [0.15, 0.2) is 10.8 Å². The van der Waals surface area contributed by atoms with Gasteiger partial charge in [0.25, 0.3) is 5.91 Å². The first kappa shape index (κ1) is 22.1. The van der Waals surface area contributed by atoms with Crippen LogP contribution >= 0.6 is 11.8 Å². The van der Waals surface area contributed by atoms with E-state index in [1.807, 2.05) is 36.7 Å². The molecular weight excluding hydrogens is 396 g/mol. The number of fused-ring (bicyclic) bond motifs is 1. The molecule has 160 valence electrons. The van der Waals surface area contributed by atoms with E-state index < -0.39 is 0 Å². The Balaban J connectivity index is 1.75. The van der Waals surface area contributed by atoms with E-state index in [0.717, 1.165) is 40.5 Å². The number of thioether (sulfide) groups is 1. The number of benzene rings is 1. The SMILES string of the molecule is CCCNc1nc(SC(C)C)nc2c1cnn2CCNC(=O)c1ccc(C)c(C)c1. The molecule has 0 aliphatic carbocycles. The monoisotopic (exact) mass is 426 g/mol. The smallest absolute Gasteiger partial charge is 0.251 e. The molecule has 0 aliphatic heterocycles. The molecule has 1 aromatic carbocycles. The minimum absolute atomic E-state index is 0.0782. The molecular formula is C22H30N6OS. The fourth-order valence-corrected chi connectivity index (χ4v) is 3.71. The summed E-state index contributed by atoms with van der Waals surface area (Å²) in [6.45, 7) is 12.3. The second-order valence-corrected chi connectivity index (χ2v) is 9.15. The van der Waals surface area contributed by atoms with E-state index in [1.165, 1.54) is 5.56 Å². The molecule has 30 heavy (non-hydrogen) atoms. The molecule has 3 aromatic rings. The Labute approximate surface area is 182 Å². The second-order valence-electron chi connectivity index (χ2n) is 7.61. The zero-order valence-electron chi connectivity index (χ0n) is 18.3. The highest BCUT2D eigenvalue weighted by molar-refractivity contribution is 7.99. The van der Waals surface area contributed by atoms with Crippen LogP contribution in [0.2, 0.25) is 0 Å². The van der Waals surface area contributed by atoms with Crippen LogP contribution in [0.5, 0.6) is 0 Å². The van der Waals surface area contributed by atoms with Gasteiger partial charge in [-0.15, -0.1) is 0 Å². The lowest BCUT2D eigenvalue weighted by Gasteiger charge is -2.10. The van der Waals surface area contributed by atoms with Gasteiger partial charge >= 0.3 is 0 Å². The summed E-state index contributed by atoms with van der Waals surface area (Å²) in [7, 11) is 0. The Hall–Kier alpha value is -2.61. The first-order chi connectivity index (χ1) is 14.4. The molecule has 0 radical (unpaired) electrons. The van der Waals surface area contributed by atoms with Crippen molar-refractivity contribution in [1.82, 2.24) is 25.1 Å². The van der Waals surface area contributed by atoms with E-state index in [1.54, 1.807) is 18.0 Å². The first-order valence-corrected chi connectivity index (χ1v) is 11.3. The molecule has 0 saturated carbocycles. The number of nitrogens with one attached hydrogen (secondary N) is 2. The molecule has 0 bridgehead atoms. The Bertz CT molecular complexity index is 1030. The summed E-state index contributed by atoms with van der Waals surface area (Å²) in [5, 5.41) is 12.9. The van der Waals surface area contributed by atoms with E-state index in [0.29, 0.717) is 23.9 Å². The lowest BCUT2D eigenvalue weighted by Crippen LogP contribution is -2.27. The second kappa shape index (κ2) is 9.93. The van der Waals surface area contributed by atoms with Crippen LogP contribution in [0.25, 0.3) is 11.0 Å². The third-order valence-electron chi connectivity index (χ3n) is 4.74. The Morgan fingerprint density at radius 1 is 1.17 bits per heavy atom. The largest absolute Gasteiger partial charge is 0.369 e. The zero-order chi connectivity index (χ0) is 21.7. The molecule has 0 unspecified atom stereocenters. The Morgan fingerprint density at radius 3 is 2.67 bits per heavy atom. The van der Waals surface area contributed by atoms with Gasteiger partial charge in [-0.3, -0.25) is 4.79 Å². The van der Waals surface area contributed by atoms with Crippen molar-refractivity contribution >= 4 is 34.5 Å². The van der Waals surface area contributed by atoms with Gasteiger partial charge in [-0.05, 0) is 43.5 Å². The lowest BCUT2D eigenvalue weighted by molar-refractivity contribution is 0.0952. The van der Waals surface area contributed by atoms with Crippen LogP contribution in [-0.2, 0) is 6.54 Å². The summed E-state index contributed by atoms with van der Waals surface area (Å²) in [6, 6.07) is 5.75. The zero-order valence-corrected chi connectivity index (χ0v) is 19.1. The quantitative estimate of drug-likeness (QED) is 0.394. The third kappa shape index (κ3) is 5.30. The van der Waals surface area contributed by atoms with Gasteiger partial charge < -0.3 is 10.6 Å². The highest BCUT2D eigenvalue weighted by Gasteiger charge is 2.14. The number of aromatic nitrogens is 4. The van der Waals surface area contributed by atoms with Crippen molar-refractivity contribution in [3.8, 4) is 0 Å². The summed E-state index contributed by atoms with van der Waals surface area (Å²) in [6.07, 6.45) is 2.80. The number of anilines is 1. The first-order valence-electron chi connectivity index (χ1n) is 10.4. The predicted octanol–water partition coefficient (Wildman–Crippen LogP) is 4.20. The maximum atomic E-state index is 12.5. The van der Waals surface area contributed by atoms with Crippen LogP contribution in [0, 0.1) is 13.8 Å². The van der Waals surface area contributed by atoms with Gasteiger partial charge in [-0.2, -0.15) is 5.10 Å². The van der Waals surface area contributed by atoms with E-state index in [2.05, 4.69) is 41.5 Å². The van der Waals surface area contributed by atoms with Crippen LogP contribution in [0.4, 0.5) is 5.82 Å². The van der Waals surface area contributed by atoms with Gasteiger partial charge in [-0.25, -0.2) is 14.6 Å². The van der Waals surface area contributed by atoms with E-state index in [-0.39, 0.29) is 5.91 Å². The van der Waals surface area contributed by atoms with E-state index in [9.17, 15) is 4.79 Å². The Morgan fingerprint density at radius 2 is 1.97 bits per heavy atom. The number of nitrogens with zero attached hydrogens (tertiary/aromatic N) is 4. The molecule has 0 fully saturated rings. The van der Waals surface area contributed by atoms with Crippen LogP contribution < -0.4 is 10.6 Å². The van der Waals surface area contributed by atoms with Crippen molar-refractivity contribution in [3.05, 3.63) is 41.1 Å². The third-order valence-corrected chi connectivity index (χ3v) is 5.60. The topological polar surface area (TPSA) is 84.7 Å². The van der Waals surface area contributed by atoms with Crippen LogP contribution in [0.15, 0.2) is 29.6 Å². The van der Waals surface area contributed by atoms with Crippen molar-refractivity contribution in [2.75, 3.05) is 18.4 Å². The molecule has 2 N–H and O–H groups in total. The molecule has 0 saturated heterocycles. The van der Waals surface area contributed by atoms with Crippen LogP contribution in [0.3, 0.4) is 0 Å². The molecule has 1 amide bonds.